The summed E-state index contributed by atoms with van der Waals surface area (Å²) in [5, 5.41) is 18.8. The van der Waals surface area contributed by atoms with Crippen LogP contribution in [0.4, 0.5) is 4.79 Å². The van der Waals surface area contributed by atoms with Crippen molar-refractivity contribution in [2.24, 2.45) is 0 Å². The standard InChI is InChI=1S/C13H24N4O3/c1-5-7-13(4,8-18)16-12(19)15-10(6-2)11-14-9(3)20-17-11/h10,18H,5-8H2,1-4H3,(H2,15,16,19). The monoisotopic (exact) mass is 284 g/mol. The number of rotatable bonds is 7. The van der Waals surface area contributed by atoms with E-state index < -0.39 is 5.54 Å². The lowest BCUT2D eigenvalue weighted by Gasteiger charge is -2.29. The first kappa shape index (κ1) is 16.4. The van der Waals surface area contributed by atoms with Crippen molar-refractivity contribution in [3.05, 3.63) is 11.7 Å². The summed E-state index contributed by atoms with van der Waals surface area (Å²) in [6.07, 6.45) is 2.23. The van der Waals surface area contributed by atoms with E-state index in [0.29, 0.717) is 24.6 Å². The molecule has 20 heavy (non-hydrogen) atoms. The number of urea groups is 1. The number of aromatic nitrogens is 2. The van der Waals surface area contributed by atoms with E-state index in [4.69, 9.17) is 4.52 Å². The van der Waals surface area contributed by atoms with Crippen LogP contribution in [0.3, 0.4) is 0 Å². The fourth-order valence-corrected chi connectivity index (χ4v) is 2.01. The van der Waals surface area contributed by atoms with Crippen LogP contribution in [-0.4, -0.2) is 33.4 Å². The number of aryl methyl sites for hydroxylation is 1. The van der Waals surface area contributed by atoms with Gasteiger partial charge in [0.1, 0.15) is 0 Å². The van der Waals surface area contributed by atoms with Gasteiger partial charge < -0.3 is 20.3 Å². The van der Waals surface area contributed by atoms with Crippen LogP contribution in [-0.2, 0) is 0 Å². The van der Waals surface area contributed by atoms with Gasteiger partial charge in [-0.05, 0) is 19.8 Å². The smallest absolute Gasteiger partial charge is 0.315 e. The molecule has 0 aliphatic rings. The number of carbonyl (C=O) groups is 1. The second-order valence-corrected chi connectivity index (χ2v) is 5.20. The maximum absolute atomic E-state index is 12.0. The first-order valence-corrected chi connectivity index (χ1v) is 6.93. The van der Waals surface area contributed by atoms with Crippen molar-refractivity contribution in [2.75, 3.05) is 6.61 Å². The first-order valence-electron chi connectivity index (χ1n) is 6.93. The van der Waals surface area contributed by atoms with Crippen LogP contribution in [0, 0.1) is 6.92 Å². The molecule has 2 atom stereocenters. The van der Waals surface area contributed by atoms with Crippen LogP contribution >= 0.6 is 0 Å². The van der Waals surface area contributed by atoms with E-state index in [0.717, 1.165) is 6.42 Å². The minimum Gasteiger partial charge on any atom is -0.394 e. The van der Waals surface area contributed by atoms with Gasteiger partial charge in [-0.15, -0.1) is 0 Å². The Morgan fingerprint density at radius 1 is 1.50 bits per heavy atom. The molecule has 0 aliphatic carbocycles. The van der Waals surface area contributed by atoms with E-state index in [9.17, 15) is 9.90 Å². The van der Waals surface area contributed by atoms with Crippen molar-refractivity contribution < 1.29 is 14.4 Å². The minimum absolute atomic E-state index is 0.105. The van der Waals surface area contributed by atoms with Gasteiger partial charge in [-0.2, -0.15) is 4.98 Å². The van der Waals surface area contributed by atoms with E-state index in [1.165, 1.54) is 0 Å². The molecule has 2 amide bonds. The highest BCUT2D eigenvalue weighted by Crippen LogP contribution is 2.14. The maximum Gasteiger partial charge on any atom is 0.315 e. The lowest BCUT2D eigenvalue weighted by Crippen LogP contribution is -2.53. The summed E-state index contributed by atoms with van der Waals surface area (Å²) in [5.41, 5.74) is -0.621. The van der Waals surface area contributed by atoms with E-state index in [-0.39, 0.29) is 18.7 Å². The Hall–Kier alpha value is -1.63. The molecule has 2 unspecified atom stereocenters. The molecule has 1 aromatic rings. The average Bonchev–Trinajstić information content (AvgIpc) is 2.82. The lowest BCUT2D eigenvalue weighted by molar-refractivity contribution is 0.161. The quantitative estimate of drug-likeness (QED) is 0.707. The predicted molar refractivity (Wildman–Crippen MR) is 74.1 cm³/mol. The molecule has 0 spiro atoms. The van der Waals surface area contributed by atoms with Gasteiger partial charge in [0.25, 0.3) is 0 Å². The molecule has 0 fully saturated rings. The topological polar surface area (TPSA) is 100 Å². The molecule has 0 saturated carbocycles. The van der Waals surface area contributed by atoms with E-state index in [1.807, 2.05) is 20.8 Å². The largest absolute Gasteiger partial charge is 0.394 e. The SMILES string of the molecule is CCCC(C)(CO)NC(=O)NC(CC)c1noc(C)n1. The van der Waals surface area contributed by atoms with Crippen LogP contribution in [0.5, 0.6) is 0 Å². The molecular formula is C13H24N4O3. The zero-order valence-corrected chi connectivity index (χ0v) is 12.6. The molecule has 0 aromatic carbocycles. The molecule has 114 valence electrons. The second-order valence-electron chi connectivity index (χ2n) is 5.20. The molecule has 1 heterocycles. The molecule has 3 N–H and O–H groups in total. The van der Waals surface area contributed by atoms with Crippen molar-refractivity contribution in [1.82, 2.24) is 20.8 Å². The summed E-state index contributed by atoms with van der Waals surface area (Å²) in [6, 6.07) is -0.652. The minimum atomic E-state index is -0.621. The molecule has 1 rings (SSSR count). The zero-order valence-electron chi connectivity index (χ0n) is 12.6. The normalized spacial score (nSPS) is 15.4. The number of amides is 2. The van der Waals surface area contributed by atoms with Crippen LogP contribution in [0.2, 0.25) is 0 Å². The van der Waals surface area contributed by atoms with Crippen LogP contribution in [0.15, 0.2) is 4.52 Å². The Kier molecular flexibility index (Phi) is 5.94. The van der Waals surface area contributed by atoms with Gasteiger partial charge in [0.2, 0.25) is 5.89 Å². The van der Waals surface area contributed by atoms with Gasteiger partial charge in [0.15, 0.2) is 5.82 Å². The number of aliphatic hydroxyl groups is 1. The Bertz CT molecular complexity index is 435. The van der Waals surface area contributed by atoms with Crippen LogP contribution < -0.4 is 10.6 Å². The fourth-order valence-electron chi connectivity index (χ4n) is 2.01. The molecule has 0 saturated heterocycles. The lowest BCUT2D eigenvalue weighted by atomic mass is 9.97. The van der Waals surface area contributed by atoms with E-state index in [1.54, 1.807) is 6.92 Å². The Morgan fingerprint density at radius 3 is 2.65 bits per heavy atom. The summed E-state index contributed by atoms with van der Waals surface area (Å²) in [6.45, 7) is 7.34. The molecular weight excluding hydrogens is 260 g/mol. The summed E-state index contributed by atoms with van der Waals surface area (Å²) >= 11 is 0. The van der Waals surface area contributed by atoms with E-state index in [2.05, 4.69) is 20.8 Å². The predicted octanol–water partition coefficient (Wildman–Crippen LogP) is 1.68. The third kappa shape index (κ3) is 4.48. The zero-order chi connectivity index (χ0) is 15.2. The third-order valence-electron chi connectivity index (χ3n) is 3.13. The molecule has 1 aromatic heterocycles. The van der Waals surface area contributed by atoms with Crippen molar-refractivity contribution in [3.8, 4) is 0 Å². The summed E-state index contributed by atoms with van der Waals surface area (Å²) in [4.78, 5) is 16.1. The van der Waals surface area contributed by atoms with Crippen molar-refractivity contribution >= 4 is 6.03 Å². The summed E-state index contributed by atoms with van der Waals surface area (Å²) in [5.74, 6) is 0.924. The number of nitrogens with zero attached hydrogens (tertiary/aromatic N) is 2. The second kappa shape index (κ2) is 7.23. The fraction of sp³-hybridized carbons (Fsp3) is 0.769. The van der Waals surface area contributed by atoms with Crippen molar-refractivity contribution in [2.45, 2.75) is 58.5 Å². The van der Waals surface area contributed by atoms with Gasteiger partial charge in [0, 0.05) is 6.92 Å². The number of nitrogens with one attached hydrogen (secondary N) is 2. The number of hydrogen-bond donors (Lipinski definition) is 3. The summed E-state index contributed by atoms with van der Waals surface area (Å²) < 4.78 is 4.92. The van der Waals surface area contributed by atoms with Gasteiger partial charge >= 0.3 is 6.03 Å². The van der Waals surface area contributed by atoms with Gasteiger partial charge in [-0.25, -0.2) is 4.79 Å². The summed E-state index contributed by atoms with van der Waals surface area (Å²) in [7, 11) is 0. The number of aliphatic hydroxyl groups excluding tert-OH is 1. The van der Waals surface area contributed by atoms with Crippen LogP contribution in [0.25, 0.3) is 0 Å². The highest BCUT2D eigenvalue weighted by atomic mass is 16.5. The molecule has 0 radical (unpaired) electrons. The van der Waals surface area contributed by atoms with Gasteiger partial charge in [-0.1, -0.05) is 25.4 Å². The molecule has 7 heteroatoms. The van der Waals surface area contributed by atoms with Gasteiger partial charge in [0.05, 0.1) is 18.2 Å². The molecule has 0 bridgehead atoms. The number of carbonyl (C=O) groups excluding carboxylic acids is 1. The Labute approximate surface area is 119 Å². The molecule has 0 aliphatic heterocycles. The highest BCUT2D eigenvalue weighted by molar-refractivity contribution is 5.75. The molecule has 7 nitrogen and oxygen atoms in total. The Balaban J connectivity index is 2.64. The van der Waals surface area contributed by atoms with E-state index >= 15 is 0 Å². The third-order valence-corrected chi connectivity index (χ3v) is 3.13. The average molecular weight is 284 g/mol. The van der Waals surface area contributed by atoms with Crippen molar-refractivity contribution in [3.63, 3.8) is 0 Å². The van der Waals surface area contributed by atoms with Crippen LogP contribution in [0.1, 0.15) is 57.8 Å². The maximum atomic E-state index is 12.0. The van der Waals surface area contributed by atoms with Crippen molar-refractivity contribution in [1.29, 1.82) is 0 Å². The number of hydrogen-bond acceptors (Lipinski definition) is 5. The van der Waals surface area contributed by atoms with Gasteiger partial charge in [-0.3, -0.25) is 0 Å². The Morgan fingerprint density at radius 2 is 2.20 bits per heavy atom. The highest BCUT2D eigenvalue weighted by Gasteiger charge is 2.26. The first-order chi connectivity index (χ1) is 9.44.